The van der Waals surface area contributed by atoms with Crippen LogP contribution in [0.4, 0.5) is 0 Å². The van der Waals surface area contributed by atoms with E-state index in [1.54, 1.807) is 25.6 Å². The van der Waals surface area contributed by atoms with E-state index in [2.05, 4.69) is 11.1 Å². The summed E-state index contributed by atoms with van der Waals surface area (Å²) < 4.78 is 8.75. The minimum absolute atomic E-state index is 0.175. The van der Waals surface area contributed by atoms with Gasteiger partial charge in [-0.15, -0.1) is 0 Å². The van der Waals surface area contributed by atoms with Crippen LogP contribution in [0.15, 0.2) is 70.4 Å². The quantitative estimate of drug-likeness (QED) is 0.579. The van der Waals surface area contributed by atoms with Gasteiger partial charge in [0.15, 0.2) is 5.58 Å². The van der Waals surface area contributed by atoms with E-state index in [4.69, 9.17) is 4.42 Å². The standard InChI is InChI=1S/C19H14N4O2/c1-22-16-6-5-15(10-17(16)25-19(22)24)18(23-8-7-21-12-23)14-4-2-3-13(9-14)11-20/h2-10,12,18H,1H3. The van der Waals surface area contributed by atoms with Crippen LogP contribution in [0.25, 0.3) is 11.1 Å². The van der Waals surface area contributed by atoms with Crippen LogP contribution in [-0.4, -0.2) is 14.1 Å². The SMILES string of the molecule is Cn1c(=O)oc2cc(C(c3cccc(C#N)c3)n3ccnc3)ccc21. The lowest BCUT2D eigenvalue weighted by Crippen LogP contribution is -2.11. The minimum atomic E-state index is -0.391. The molecule has 1 atom stereocenters. The summed E-state index contributed by atoms with van der Waals surface area (Å²) in [4.78, 5) is 15.9. The number of hydrogen-bond donors (Lipinski definition) is 0. The highest BCUT2D eigenvalue weighted by Crippen LogP contribution is 2.29. The average Bonchev–Trinajstić information content (AvgIpc) is 3.24. The molecular weight excluding hydrogens is 316 g/mol. The monoisotopic (exact) mass is 330 g/mol. The molecule has 0 N–H and O–H groups in total. The molecule has 0 aliphatic carbocycles. The Morgan fingerprint density at radius 1 is 1.20 bits per heavy atom. The van der Waals surface area contributed by atoms with Gasteiger partial charge in [-0.3, -0.25) is 4.57 Å². The molecule has 2 aromatic heterocycles. The summed E-state index contributed by atoms with van der Waals surface area (Å²) in [6, 6.07) is 15.1. The second-order valence-electron chi connectivity index (χ2n) is 5.80. The van der Waals surface area contributed by atoms with Crippen molar-refractivity contribution in [3.8, 4) is 6.07 Å². The second-order valence-corrected chi connectivity index (χ2v) is 5.80. The zero-order valence-electron chi connectivity index (χ0n) is 13.5. The lowest BCUT2D eigenvalue weighted by atomic mass is 9.97. The second kappa shape index (κ2) is 5.80. The lowest BCUT2D eigenvalue weighted by molar-refractivity contribution is 0.527. The molecule has 6 heteroatoms. The van der Waals surface area contributed by atoms with E-state index in [9.17, 15) is 10.1 Å². The van der Waals surface area contributed by atoms with Crippen LogP contribution >= 0.6 is 0 Å². The maximum Gasteiger partial charge on any atom is 0.419 e. The Morgan fingerprint density at radius 2 is 2.04 bits per heavy atom. The zero-order valence-corrected chi connectivity index (χ0v) is 13.5. The molecule has 0 radical (unpaired) electrons. The van der Waals surface area contributed by atoms with Crippen molar-refractivity contribution in [2.45, 2.75) is 6.04 Å². The fourth-order valence-electron chi connectivity index (χ4n) is 3.06. The maximum absolute atomic E-state index is 11.7. The molecule has 0 aliphatic heterocycles. The number of oxazole rings is 1. The van der Waals surface area contributed by atoms with Crippen molar-refractivity contribution in [1.29, 1.82) is 5.26 Å². The third-order valence-electron chi connectivity index (χ3n) is 4.29. The number of nitriles is 1. The van der Waals surface area contributed by atoms with Crippen LogP contribution in [-0.2, 0) is 7.05 Å². The molecule has 0 amide bonds. The fraction of sp³-hybridized carbons (Fsp3) is 0.105. The predicted molar refractivity (Wildman–Crippen MR) is 92.1 cm³/mol. The molecule has 0 saturated carbocycles. The molecule has 6 nitrogen and oxygen atoms in total. The molecule has 0 spiro atoms. The van der Waals surface area contributed by atoms with Gasteiger partial charge in [0.25, 0.3) is 0 Å². The van der Waals surface area contributed by atoms with Gasteiger partial charge in [0, 0.05) is 19.4 Å². The number of nitrogens with zero attached hydrogens (tertiary/aromatic N) is 4. The molecule has 0 aliphatic rings. The summed E-state index contributed by atoms with van der Waals surface area (Å²) in [5, 5.41) is 9.20. The Bertz CT molecular complexity index is 1150. The van der Waals surface area contributed by atoms with E-state index in [0.29, 0.717) is 11.1 Å². The van der Waals surface area contributed by atoms with Crippen molar-refractivity contribution < 1.29 is 4.42 Å². The maximum atomic E-state index is 11.7. The molecule has 0 bridgehead atoms. The van der Waals surface area contributed by atoms with Crippen LogP contribution in [0.3, 0.4) is 0 Å². The van der Waals surface area contributed by atoms with Gasteiger partial charge in [0.05, 0.1) is 29.5 Å². The van der Waals surface area contributed by atoms with E-state index in [-0.39, 0.29) is 6.04 Å². The van der Waals surface area contributed by atoms with Gasteiger partial charge >= 0.3 is 5.76 Å². The van der Waals surface area contributed by atoms with Crippen LogP contribution in [0.1, 0.15) is 22.7 Å². The third kappa shape index (κ3) is 2.52. The topological polar surface area (TPSA) is 76.8 Å². The van der Waals surface area contributed by atoms with Crippen LogP contribution in [0.2, 0.25) is 0 Å². The van der Waals surface area contributed by atoms with E-state index in [1.807, 2.05) is 47.2 Å². The van der Waals surface area contributed by atoms with Crippen molar-refractivity contribution >= 4 is 11.1 Å². The van der Waals surface area contributed by atoms with Crippen molar-refractivity contribution in [3.63, 3.8) is 0 Å². The highest BCUT2D eigenvalue weighted by atomic mass is 16.4. The first-order valence-corrected chi connectivity index (χ1v) is 7.74. The van der Waals surface area contributed by atoms with Crippen molar-refractivity contribution in [3.05, 3.63) is 88.4 Å². The van der Waals surface area contributed by atoms with Crippen LogP contribution in [0, 0.1) is 11.3 Å². The van der Waals surface area contributed by atoms with Gasteiger partial charge < -0.3 is 8.98 Å². The third-order valence-corrected chi connectivity index (χ3v) is 4.29. The number of aromatic nitrogens is 3. The van der Waals surface area contributed by atoms with E-state index in [0.717, 1.165) is 16.6 Å². The van der Waals surface area contributed by atoms with E-state index < -0.39 is 5.76 Å². The Labute approximate surface area is 143 Å². The number of imidazole rings is 1. The van der Waals surface area contributed by atoms with Crippen LogP contribution in [0.5, 0.6) is 0 Å². The number of benzene rings is 2. The lowest BCUT2D eigenvalue weighted by Gasteiger charge is -2.20. The molecule has 2 aromatic carbocycles. The summed E-state index contributed by atoms with van der Waals surface area (Å²) in [7, 11) is 1.68. The largest absolute Gasteiger partial charge is 0.419 e. The Balaban J connectivity index is 1.92. The first-order chi connectivity index (χ1) is 12.2. The van der Waals surface area contributed by atoms with Gasteiger partial charge in [-0.1, -0.05) is 18.2 Å². The first-order valence-electron chi connectivity index (χ1n) is 7.74. The fourth-order valence-corrected chi connectivity index (χ4v) is 3.06. The zero-order chi connectivity index (χ0) is 17.4. The molecule has 1 unspecified atom stereocenters. The molecule has 0 fully saturated rings. The highest BCUT2D eigenvalue weighted by molar-refractivity contribution is 5.74. The molecule has 2 heterocycles. The highest BCUT2D eigenvalue weighted by Gasteiger charge is 2.18. The Morgan fingerprint density at radius 3 is 2.80 bits per heavy atom. The number of rotatable bonds is 3. The number of hydrogen-bond acceptors (Lipinski definition) is 4. The van der Waals surface area contributed by atoms with Gasteiger partial charge in [-0.2, -0.15) is 5.26 Å². The normalized spacial score (nSPS) is 12.2. The summed E-state index contributed by atoms with van der Waals surface area (Å²) in [5.41, 5.74) is 3.76. The minimum Gasteiger partial charge on any atom is -0.408 e. The summed E-state index contributed by atoms with van der Waals surface area (Å²) in [6.45, 7) is 0. The predicted octanol–water partition coefficient (Wildman–Crippen LogP) is 2.84. The van der Waals surface area contributed by atoms with Crippen LogP contribution < -0.4 is 5.76 Å². The molecule has 4 rings (SSSR count). The summed E-state index contributed by atoms with van der Waals surface area (Å²) in [5.74, 6) is -0.391. The van der Waals surface area contributed by atoms with Gasteiger partial charge in [0.1, 0.15) is 0 Å². The molecular formula is C19H14N4O2. The number of aryl methyl sites for hydroxylation is 1. The Hall–Kier alpha value is -3.59. The van der Waals surface area contributed by atoms with Crippen molar-refractivity contribution in [2.75, 3.05) is 0 Å². The average molecular weight is 330 g/mol. The smallest absolute Gasteiger partial charge is 0.408 e. The number of fused-ring (bicyclic) bond motifs is 1. The van der Waals surface area contributed by atoms with Gasteiger partial charge in [0.2, 0.25) is 0 Å². The molecule has 4 aromatic rings. The molecule has 0 saturated heterocycles. The molecule has 25 heavy (non-hydrogen) atoms. The van der Waals surface area contributed by atoms with Crippen molar-refractivity contribution in [1.82, 2.24) is 14.1 Å². The van der Waals surface area contributed by atoms with E-state index in [1.165, 1.54) is 4.57 Å². The van der Waals surface area contributed by atoms with Gasteiger partial charge in [-0.25, -0.2) is 9.78 Å². The summed E-state index contributed by atoms with van der Waals surface area (Å²) in [6.07, 6.45) is 5.31. The Kier molecular flexibility index (Phi) is 3.47. The van der Waals surface area contributed by atoms with Crippen molar-refractivity contribution in [2.24, 2.45) is 7.05 Å². The molecule has 122 valence electrons. The van der Waals surface area contributed by atoms with E-state index >= 15 is 0 Å². The van der Waals surface area contributed by atoms with Gasteiger partial charge in [-0.05, 0) is 35.4 Å². The summed E-state index contributed by atoms with van der Waals surface area (Å²) >= 11 is 0. The first kappa shape index (κ1) is 15.0.